The zero-order valence-corrected chi connectivity index (χ0v) is 20.7. The summed E-state index contributed by atoms with van der Waals surface area (Å²) < 4.78 is 28.7. The third-order valence-corrected chi connectivity index (χ3v) is 7.77. The molecule has 7 nitrogen and oxygen atoms in total. The van der Waals surface area contributed by atoms with Crippen LogP contribution in [-0.4, -0.2) is 19.5 Å². The zero-order valence-electron chi connectivity index (χ0n) is 19.1. The van der Waals surface area contributed by atoms with Crippen molar-refractivity contribution in [2.24, 2.45) is 5.73 Å². The van der Waals surface area contributed by atoms with Gasteiger partial charge >= 0.3 is 5.76 Å². The predicted octanol–water partition coefficient (Wildman–Crippen LogP) is 5.33. The number of oxazole rings is 1. The van der Waals surface area contributed by atoms with Gasteiger partial charge in [-0.2, -0.15) is 4.37 Å². The molecular formula is C25H24FN5O2S2. The number of nitrogens with two attached hydrogens (primary N) is 1. The molecule has 0 amide bonds. The summed E-state index contributed by atoms with van der Waals surface area (Å²) in [6.07, 6.45) is 6.66. The van der Waals surface area contributed by atoms with Crippen LogP contribution < -0.4 is 16.2 Å². The number of rotatable bonds is 5. The second kappa shape index (κ2) is 9.85. The van der Waals surface area contributed by atoms with Gasteiger partial charge in [0.25, 0.3) is 0 Å². The standard InChI is InChI=1S/C25H24FN5O2S2/c1-16(18-7-5-6-17(12-18)8-11-25(27)9-3-2-4-10-25)31-20-13-19(26)22(14-21(20)33-24(31)32)34-30-23-28-15-29-35-23/h5-7,12-16H,2-4,9-10,27H2,1H3,(H,28,29,30)/t16-/m1/s1. The Morgan fingerprint density at radius 2 is 2.11 bits per heavy atom. The Kier molecular flexibility index (Phi) is 6.65. The van der Waals surface area contributed by atoms with Crippen molar-refractivity contribution in [1.29, 1.82) is 0 Å². The van der Waals surface area contributed by atoms with Gasteiger partial charge in [0.15, 0.2) is 5.58 Å². The van der Waals surface area contributed by atoms with Gasteiger partial charge in [-0.15, -0.1) is 0 Å². The molecule has 1 aliphatic carbocycles. The van der Waals surface area contributed by atoms with Crippen LogP contribution in [0.25, 0.3) is 11.1 Å². The Bertz CT molecular complexity index is 1460. The van der Waals surface area contributed by atoms with Gasteiger partial charge in [-0.05, 0) is 49.4 Å². The number of hydrogen-bond donors (Lipinski definition) is 2. The van der Waals surface area contributed by atoms with E-state index in [9.17, 15) is 9.18 Å². The van der Waals surface area contributed by atoms with Gasteiger partial charge in [-0.25, -0.2) is 14.2 Å². The van der Waals surface area contributed by atoms with Crippen LogP contribution in [0, 0.1) is 17.7 Å². The Labute approximate surface area is 210 Å². The van der Waals surface area contributed by atoms with Gasteiger partial charge in [0.1, 0.15) is 12.1 Å². The second-order valence-electron chi connectivity index (χ2n) is 8.71. The van der Waals surface area contributed by atoms with Crippen LogP contribution in [0.5, 0.6) is 0 Å². The van der Waals surface area contributed by atoms with Crippen LogP contribution in [0.4, 0.5) is 9.52 Å². The van der Waals surface area contributed by atoms with E-state index in [4.69, 9.17) is 10.2 Å². The maximum atomic E-state index is 14.9. The lowest BCUT2D eigenvalue weighted by atomic mass is 9.83. The molecule has 3 N–H and O–H groups in total. The molecule has 180 valence electrons. The molecule has 5 rings (SSSR count). The third kappa shape index (κ3) is 5.12. The van der Waals surface area contributed by atoms with Gasteiger partial charge < -0.3 is 14.9 Å². The van der Waals surface area contributed by atoms with E-state index in [2.05, 4.69) is 25.9 Å². The molecule has 2 heterocycles. The Morgan fingerprint density at radius 1 is 1.29 bits per heavy atom. The number of fused-ring (bicyclic) bond motifs is 1. The minimum Gasteiger partial charge on any atom is -0.408 e. The first kappa shape index (κ1) is 23.6. The molecule has 1 aliphatic rings. The summed E-state index contributed by atoms with van der Waals surface area (Å²) in [5.74, 6) is 5.47. The molecule has 4 aromatic rings. The van der Waals surface area contributed by atoms with E-state index < -0.39 is 17.1 Å². The molecule has 10 heteroatoms. The van der Waals surface area contributed by atoms with Crippen molar-refractivity contribution in [1.82, 2.24) is 13.9 Å². The highest BCUT2D eigenvalue weighted by Gasteiger charge is 2.25. The molecule has 1 fully saturated rings. The molecule has 2 aromatic heterocycles. The monoisotopic (exact) mass is 509 g/mol. The molecule has 0 saturated heterocycles. The molecule has 1 atom stereocenters. The highest BCUT2D eigenvalue weighted by Crippen LogP contribution is 2.30. The average Bonchev–Trinajstić information content (AvgIpc) is 3.48. The number of nitrogens with zero attached hydrogens (tertiary/aromatic N) is 3. The number of halogens is 1. The summed E-state index contributed by atoms with van der Waals surface area (Å²) in [6, 6.07) is 10.2. The zero-order chi connectivity index (χ0) is 24.4. The van der Waals surface area contributed by atoms with Crippen molar-refractivity contribution < 1.29 is 8.81 Å². The normalized spacial score (nSPS) is 16.0. The van der Waals surface area contributed by atoms with Gasteiger partial charge in [-0.3, -0.25) is 4.57 Å². The first-order chi connectivity index (χ1) is 16.9. The highest BCUT2D eigenvalue weighted by atomic mass is 32.2. The molecule has 0 bridgehead atoms. The molecule has 0 aliphatic heterocycles. The number of aromatic nitrogens is 3. The molecule has 0 unspecified atom stereocenters. The summed E-state index contributed by atoms with van der Waals surface area (Å²) in [5.41, 5.74) is 8.42. The summed E-state index contributed by atoms with van der Waals surface area (Å²) in [6.45, 7) is 1.88. The van der Waals surface area contributed by atoms with E-state index >= 15 is 0 Å². The molecule has 1 saturated carbocycles. The number of hydrogen-bond acceptors (Lipinski definition) is 8. The van der Waals surface area contributed by atoms with Crippen molar-refractivity contribution in [2.45, 2.75) is 55.5 Å². The van der Waals surface area contributed by atoms with Crippen LogP contribution in [-0.2, 0) is 0 Å². The fourth-order valence-corrected chi connectivity index (χ4v) is 5.46. The van der Waals surface area contributed by atoms with E-state index in [0.717, 1.165) is 60.3 Å². The van der Waals surface area contributed by atoms with Gasteiger partial charge in [0.05, 0.1) is 22.0 Å². The van der Waals surface area contributed by atoms with Crippen LogP contribution in [0.1, 0.15) is 56.2 Å². The average molecular weight is 510 g/mol. The van der Waals surface area contributed by atoms with Crippen molar-refractivity contribution in [2.75, 3.05) is 4.72 Å². The number of nitrogens with one attached hydrogen (secondary N) is 1. The summed E-state index contributed by atoms with van der Waals surface area (Å²) in [5, 5.41) is 0.550. The lowest BCUT2D eigenvalue weighted by Crippen LogP contribution is -2.40. The van der Waals surface area contributed by atoms with Crippen molar-refractivity contribution >= 4 is 39.7 Å². The lowest BCUT2D eigenvalue weighted by Gasteiger charge is -2.27. The number of anilines is 1. The largest absolute Gasteiger partial charge is 0.420 e. The molecule has 2 aromatic carbocycles. The Morgan fingerprint density at radius 3 is 2.89 bits per heavy atom. The second-order valence-corrected chi connectivity index (χ2v) is 10.3. The minimum absolute atomic E-state index is 0.289. The van der Waals surface area contributed by atoms with E-state index in [1.54, 1.807) is 0 Å². The Hall–Kier alpha value is -3.13. The van der Waals surface area contributed by atoms with Gasteiger partial charge in [0, 0.05) is 29.2 Å². The van der Waals surface area contributed by atoms with Gasteiger partial charge in [-0.1, -0.05) is 43.2 Å². The summed E-state index contributed by atoms with van der Waals surface area (Å²) in [4.78, 5) is 17.1. The van der Waals surface area contributed by atoms with Crippen LogP contribution >= 0.6 is 23.5 Å². The highest BCUT2D eigenvalue weighted by molar-refractivity contribution is 8.00. The quantitative estimate of drug-likeness (QED) is 0.277. The number of benzene rings is 2. The fraction of sp³-hybridized carbons (Fsp3) is 0.320. The van der Waals surface area contributed by atoms with E-state index in [-0.39, 0.29) is 10.9 Å². The maximum Gasteiger partial charge on any atom is 0.420 e. The maximum absolute atomic E-state index is 14.9. The first-order valence-corrected chi connectivity index (χ1v) is 13.0. The van der Waals surface area contributed by atoms with E-state index in [0.29, 0.717) is 16.2 Å². The van der Waals surface area contributed by atoms with E-state index in [1.165, 1.54) is 29.4 Å². The summed E-state index contributed by atoms with van der Waals surface area (Å²) in [7, 11) is 0. The topological polar surface area (TPSA) is 99.0 Å². The smallest absolute Gasteiger partial charge is 0.408 e. The fourth-order valence-electron chi connectivity index (χ4n) is 4.33. The third-order valence-electron chi connectivity index (χ3n) is 6.23. The van der Waals surface area contributed by atoms with Crippen molar-refractivity contribution in [3.63, 3.8) is 0 Å². The van der Waals surface area contributed by atoms with Crippen LogP contribution in [0.15, 0.2) is 56.8 Å². The van der Waals surface area contributed by atoms with Crippen LogP contribution in [0.3, 0.4) is 0 Å². The minimum atomic E-state index is -0.550. The lowest BCUT2D eigenvalue weighted by molar-refractivity contribution is 0.370. The Balaban J connectivity index is 1.42. The predicted molar refractivity (Wildman–Crippen MR) is 137 cm³/mol. The molecule has 0 radical (unpaired) electrons. The van der Waals surface area contributed by atoms with Gasteiger partial charge in [0.2, 0.25) is 5.13 Å². The SMILES string of the molecule is C[C@H](c1cccc(C#CC2(N)CCCCC2)c1)n1c(=O)oc2cc(SNc3ncns3)c(F)cc21. The van der Waals surface area contributed by atoms with Crippen molar-refractivity contribution in [3.8, 4) is 11.8 Å². The van der Waals surface area contributed by atoms with Crippen molar-refractivity contribution in [3.05, 3.63) is 70.2 Å². The first-order valence-electron chi connectivity index (χ1n) is 11.4. The molecule has 35 heavy (non-hydrogen) atoms. The van der Waals surface area contributed by atoms with E-state index in [1.807, 2.05) is 31.2 Å². The molecular weight excluding hydrogens is 485 g/mol. The summed E-state index contributed by atoms with van der Waals surface area (Å²) >= 11 is 2.21. The van der Waals surface area contributed by atoms with Crippen LogP contribution in [0.2, 0.25) is 0 Å². The molecule has 0 spiro atoms.